The molecule has 1 fully saturated rings. The van der Waals surface area contributed by atoms with Crippen molar-refractivity contribution in [2.75, 3.05) is 29.9 Å². The van der Waals surface area contributed by atoms with Crippen LogP contribution in [0.1, 0.15) is 10.5 Å². The fourth-order valence-corrected chi connectivity index (χ4v) is 5.75. The van der Waals surface area contributed by atoms with Crippen molar-refractivity contribution in [3.8, 4) is 5.75 Å². The number of ether oxygens (including phenoxy) is 1. The Morgan fingerprint density at radius 3 is 2.63 bits per heavy atom. The average molecular weight is 508 g/mol. The van der Waals surface area contributed by atoms with Crippen molar-refractivity contribution in [1.29, 1.82) is 0 Å². The smallest absolute Gasteiger partial charge is 0.276 e. The molecule has 0 radical (unpaired) electrons. The van der Waals surface area contributed by atoms with Gasteiger partial charge in [-0.3, -0.25) is 9.78 Å². The highest BCUT2D eigenvalue weighted by Gasteiger charge is 2.41. The first kappa shape index (κ1) is 23.1. The molecule has 1 saturated heterocycles. The minimum atomic E-state index is -4.10. The molecule has 10 nitrogen and oxygen atoms in total. The van der Waals surface area contributed by atoms with E-state index >= 15 is 0 Å². The molecule has 0 bridgehead atoms. The molecule has 2 aliphatic heterocycles. The van der Waals surface area contributed by atoms with Crippen LogP contribution in [0.3, 0.4) is 0 Å². The molecule has 2 aliphatic rings. The largest absolute Gasteiger partial charge is 0.489 e. The second-order valence-corrected chi connectivity index (χ2v) is 9.94. The van der Waals surface area contributed by atoms with Crippen molar-refractivity contribution < 1.29 is 31.1 Å². The number of amides is 1. The van der Waals surface area contributed by atoms with Gasteiger partial charge in [-0.15, -0.1) is 0 Å². The number of carbonyl (C=O) groups is 1. The molecule has 4 heterocycles. The lowest BCUT2D eigenvalue weighted by atomic mass is 10.1. The Kier molecular flexibility index (Phi) is 5.63. The van der Waals surface area contributed by atoms with Crippen LogP contribution in [0.15, 0.2) is 41.8 Å². The topological polar surface area (TPSA) is 118 Å². The number of nitrogens with zero attached hydrogens (tertiary/aromatic N) is 4. The SMILES string of the molecule is Cn1cc2c(c1C(=O)Nc1cc(F)c(F)c(F)c1)OC[C@@H]1CN(c3cnccn3)C[C@@H]1NS2(=O)=O. The number of carbonyl (C=O) groups excluding carboxylic acids is 1. The molecule has 1 amide bonds. The van der Waals surface area contributed by atoms with Crippen molar-refractivity contribution >= 4 is 27.4 Å². The molecule has 2 aromatic heterocycles. The van der Waals surface area contributed by atoms with Gasteiger partial charge in [-0.25, -0.2) is 31.3 Å². The first-order valence-corrected chi connectivity index (χ1v) is 11.9. The monoisotopic (exact) mass is 508 g/mol. The summed E-state index contributed by atoms with van der Waals surface area (Å²) in [7, 11) is -2.67. The Balaban J connectivity index is 1.44. The first-order valence-electron chi connectivity index (χ1n) is 10.5. The molecule has 0 spiro atoms. The van der Waals surface area contributed by atoms with Gasteiger partial charge in [-0.05, 0) is 0 Å². The maximum absolute atomic E-state index is 13.6. The summed E-state index contributed by atoms with van der Waals surface area (Å²) in [5, 5.41) is 2.26. The zero-order chi connectivity index (χ0) is 24.9. The number of fused-ring (bicyclic) bond motifs is 2. The van der Waals surface area contributed by atoms with Gasteiger partial charge in [0.05, 0.1) is 12.8 Å². The molecule has 0 unspecified atom stereocenters. The Morgan fingerprint density at radius 1 is 1.20 bits per heavy atom. The zero-order valence-corrected chi connectivity index (χ0v) is 19.0. The highest BCUT2D eigenvalue weighted by atomic mass is 32.2. The molecule has 5 rings (SSSR count). The maximum atomic E-state index is 13.6. The van der Waals surface area contributed by atoms with Crippen LogP contribution in [0.25, 0.3) is 0 Å². The fraction of sp³-hybridized carbons (Fsp3) is 0.286. The van der Waals surface area contributed by atoms with Gasteiger partial charge in [0.2, 0.25) is 10.0 Å². The van der Waals surface area contributed by atoms with E-state index in [0.29, 0.717) is 31.0 Å². The Bertz CT molecular complexity index is 1390. The minimum absolute atomic E-state index is 0.0844. The molecule has 0 saturated carbocycles. The number of hydrogen-bond acceptors (Lipinski definition) is 7. The molecule has 2 N–H and O–H groups in total. The number of hydrogen-bond donors (Lipinski definition) is 2. The number of benzene rings is 1. The van der Waals surface area contributed by atoms with Crippen LogP contribution in [0.5, 0.6) is 5.75 Å². The number of nitrogens with one attached hydrogen (secondary N) is 2. The van der Waals surface area contributed by atoms with Crippen LogP contribution in [-0.2, 0) is 17.1 Å². The summed E-state index contributed by atoms with van der Waals surface area (Å²) in [4.78, 5) is 22.9. The van der Waals surface area contributed by atoms with Gasteiger partial charge < -0.3 is 19.5 Å². The van der Waals surface area contributed by atoms with Crippen molar-refractivity contribution in [3.05, 3.63) is 60.1 Å². The maximum Gasteiger partial charge on any atom is 0.276 e. The van der Waals surface area contributed by atoms with E-state index in [2.05, 4.69) is 20.0 Å². The highest BCUT2D eigenvalue weighted by Crippen LogP contribution is 2.35. The molecule has 2 atom stereocenters. The molecule has 14 heteroatoms. The van der Waals surface area contributed by atoms with Crippen LogP contribution >= 0.6 is 0 Å². The number of rotatable bonds is 3. The van der Waals surface area contributed by atoms with Crippen molar-refractivity contribution in [3.63, 3.8) is 0 Å². The van der Waals surface area contributed by atoms with E-state index in [0.717, 1.165) is 0 Å². The molecular formula is C21H19F3N6O4S. The van der Waals surface area contributed by atoms with Crippen LogP contribution in [0.2, 0.25) is 0 Å². The van der Waals surface area contributed by atoms with Gasteiger partial charge in [0.15, 0.2) is 28.9 Å². The third kappa shape index (κ3) is 4.18. The van der Waals surface area contributed by atoms with E-state index in [-0.39, 0.29) is 34.6 Å². The van der Waals surface area contributed by atoms with E-state index in [1.807, 2.05) is 4.90 Å². The number of anilines is 2. The van der Waals surface area contributed by atoms with Gasteiger partial charge in [0, 0.05) is 68.5 Å². The standard InChI is InChI=1S/C21H19F3N6O4S/c1-29-9-16-20(19(29)21(31)27-12-4-13(22)18(24)14(23)5-12)34-10-11-7-30(17-6-25-2-3-26-17)8-15(11)28-35(16,32)33/h2-6,9,11,15,28H,7-8,10H2,1H3,(H,27,31)/t11-,15-/m0/s1. The number of halogens is 3. The summed E-state index contributed by atoms with van der Waals surface area (Å²) in [6.45, 7) is 0.869. The van der Waals surface area contributed by atoms with E-state index in [1.54, 1.807) is 6.20 Å². The van der Waals surface area contributed by atoms with E-state index in [1.165, 1.54) is 30.2 Å². The lowest BCUT2D eigenvalue weighted by Gasteiger charge is -2.23. The van der Waals surface area contributed by atoms with Crippen molar-refractivity contribution in [1.82, 2.24) is 19.3 Å². The summed E-state index contributed by atoms with van der Waals surface area (Å²) < 4.78 is 76.5. The summed E-state index contributed by atoms with van der Waals surface area (Å²) in [5.41, 5.74) is -0.526. The van der Waals surface area contributed by atoms with Crippen LogP contribution < -0.4 is 19.7 Å². The quantitative estimate of drug-likeness (QED) is 0.517. The predicted octanol–water partition coefficient (Wildman–Crippen LogP) is 1.66. The second kappa shape index (κ2) is 8.53. The fourth-order valence-electron chi connectivity index (χ4n) is 4.26. The Morgan fingerprint density at radius 2 is 1.94 bits per heavy atom. The van der Waals surface area contributed by atoms with E-state index < -0.39 is 39.4 Å². The molecular weight excluding hydrogens is 489 g/mol. The van der Waals surface area contributed by atoms with Crippen molar-refractivity contribution in [2.24, 2.45) is 13.0 Å². The Hall–Kier alpha value is -3.65. The van der Waals surface area contributed by atoms with Gasteiger partial charge >= 0.3 is 0 Å². The van der Waals surface area contributed by atoms with Crippen LogP contribution in [-0.4, -0.2) is 54.6 Å². The Labute approximate surface area is 197 Å². The third-order valence-electron chi connectivity index (χ3n) is 5.91. The highest BCUT2D eigenvalue weighted by molar-refractivity contribution is 7.89. The predicted molar refractivity (Wildman–Crippen MR) is 117 cm³/mol. The molecule has 184 valence electrons. The minimum Gasteiger partial charge on any atom is -0.489 e. The summed E-state index contributed by atoms with van der Waals surface area (Å²) in [5.74, 6) is -5.40. The summed E-state index contributed by atoms with van der Waals surface area (Å²) >= 11 is 0. The van der Waals surface area contributed by atoms with Crippen LogP contribution in [0, 0.1) is 23.4 Å². The number of sulfonamides is 1. The van der Waals surface area contributed by atoms with Crippen LogP contribution in [0.4, 0.5) is 24.7 Å². The second-order valence-electron chi connectivity index (χ2n) is 8.26. The summed E-state index contributed by atoms with van der Waals surface area (Å²) in [6.07, 6.45) is 5.86. The molecule has 1 aromatic carbocycles. The third-order valence-corrected chi connectivity index (χ3v) is 7.39. The van der Waals surface area contributed by atoms with Gasteiger partial charge in [-0.2, -0.15) is 0 Å². The van der Waals surface area contributed by atoms with Crippen molar-refractivity contribution in [2.45, 2.75) is 10.9 Å². The van der Waals surface area contributed by atoms with Gasteiger partial charge in [0.1, 0.15) is 10.7 Å². The lowest BCUT2D eigenvalue weighted by molar-refractivity contribution is 0.101. The molecule has 35 heavy (non-hydrogen) atoms. The summed E-state index contributed by atoms with van der Waals surface area (Å²) in [6, 6.07) is 0.760. The first-order chi connectivity index (χ1) is 16.6. The molecule has 3 aromatic rings. The van der Waals surface area contributed by atoms with Gasteiger partial charge in [-0.1, -0.05) is 0 Å². The van der Waals surface area contributed by atoms with E-state index in [4.69, 9.17) is 4.74 Å². The lowest BCUT2D eigenvalue weighted by Crippen LogP contribution is -2.43. The average Bonchev–Trinajstić information content (AvgIpc) is 3.36. The van der Waals surface area contributed by atoms with Gasteiger partial charge in [0.25, 0.3) is 5.91 Å². The number of aromatic nitrogens is 3. The van der Waals surface area contributed by atoms with E-state index in [9.17, 15) is 26.4 Å². The normalized spacial score (nSPS) is 20.9. The molecule has 0 aliphatic carbocycles. The zero-order valence-electron chi connectivity index (χ0n) is 18.2. The number of aryl methyl sites for hydroxylation is 1.